The van der Waals surface area contributed by atoms with Crippen LogP contribution in [0.1, 0.15) is 64.2 Å². The highest BCUT2D eigenvalue weighted by Gasteiger charge is 2.75. The maximum absolute atomic E-state index is 13.6. The topological polar surface area (TPSA) is 74.8 Å². The fourth-order valence-electron chi connectivity index (χ4n) is 9.05. The van der Waals surface area contributed by atoms with E-state index in [2.05, 4.69) is 12.2 Å². The van der Waals surface area contributed by atoms with E-state index in [1.54, 1.807) is 9.80 Å². The molecule has 170 valence electrons. The smallest absolute Gasteiger partial charge is 0.233 e. The summed E-state index contributed by atoms with van der Waals surface area (Å²) in [4.78, 5) is 57.4. The molecule has 2 heterocycles. The highest BCUT2D eigenvalue weighted by Crippen LogP contribution is 2.68. The molecule has 32 heavy (non-hydrogen) atoms. The number of amides is 4. The SMILES string of the molecule is O=C1[C@@H]2[C@H]3C=C[C@@H]([C@@H]2C(=O)N1C1CCCCC1)[C@H]1[C@H]2C(=O)N(C4CCCCC4)C(=O)[C@@H]2[C@H]31. The van der Waals surface area contributed by atoms with Crippen molar-refractivity contribution in [3.05, 3.63) is 12.2 Å². The third-order valence-corrected chi connectivity index (χ3v) is 10.3. The van der Waals surface area contributed by atoms with Crippen molar-refractivity contribution >= 4 is 23.6 Å². The number of imide groups is 2. The van der Waals surface area contributed by atoms with Crippen molar-refractivity contribution in [2.45, 2.75) is 76.3 Å². The second-order valence-corrected chi connectivity index (χ2v) is 11.5. The van der Waals surface area contributed by atoms with Crippen LogP contribution in [0.15, 0.2) is 12.2 Å². The van der Waals surface area contributed by atoms with Gasteiger partial charge in [-0.3, -0.25) is 29.0 Å². The number of hydrogen-bond donors (Lipinski definition) is 0. The van der Waals surface area contributed by atoms with E-state index >= 15 is 0 Å². The van der Waals surface area contributed by atoms with Gasteiger partial charge in [-0.2, -0.15) is 0 Å². The fraction of sp³-hybridized carbons (Fsp3) is 0.769. The van der Waals surface area contributed by atoms with Gasteiger partial charge in [0.05, 0.1) is 23.7 Å². The highest BCUT2D eigenvalue weighted by molar-refractivity contribution is 6.09. The monoisotopic (exact) mass is 436 g/mol. The Labute approximate surface area is 188 Å². The zero-order chi connectivity index (χ0) is 21.7. The summed E-state index contributed by atoms with van der Waals surface area (Å²) in [5.74, 6) is -1.11. The number of allylic oxidation sites excluding steroid dienone is 2. The third kappa shape index (κ3) is 2.27. The van der Waals surface area contributed by atoms with Gasteiger partial charge in [-0.1, -0.05) is 50.7 Å². The molecule has 6 nitrogen and oxygen atoms in total. The maximum atomic E-state index is 13.6. The molecule has 2 aliphatic heterocycles. The van der Waals surface area contributed by atoms with Crippen molar-refractivity contribution in [2.75, 3.05) is 0 Å². The predicted octanol–water partition coefficient (Wildman–Crippen LogP) is 2.92. The number of carbonyl (C=O) groups excluding carboxylic acids is 4. The number of fused-ring (bicyclic) bond motifs is 1. The minimum atomic E-state index is -0.312. The molecule has 4 amide bonds. The summed E-state index contributed by atoms with van der Waals surface area (Å²) in [7, 11) is 0. The second-order valence-electron chi connectivity index (χ2n) is 11.5. The van der Waals surface area contributed by atoms with E-state index in [4.69, 9.17) is 0 Å². The Bertz CT molecular complexity index is 874. The van der Waals surface area contributed by atoms with Crippen LogP contribution in [0.4, 0.5) is 0 Å². The second kappa shape index (κ2) is 6.77. The first kappa shape index (κ1) is 19.5. The van der Waals surface area contributed by atoms with Crippen molar-refractivity contribution in [3.63, 3.8) is 0 Å². The summed E-state index contributed by atoms with van der Waals surface area (Å²) >= 11 is 0. The zero-order valence-electron chi connectivity index (χ0n) is 18.5. The van der Waals surface area contributed by atoms with Gasteiger partial charge in [-0.25, -0.2) is 0 Å². The van der Waals surface area contributed by atoms with Crippen molar-refractivity contribution in [3.8, 4) is 0 Å². The van der Waals surface area contributed by atoms with Crippen molar-refractivity contribution in [1.29, 1.82) is 0 Å². The molecule has 0 unspecified atom stereocenters. The van der Waals surface area contributed by atoms with E-state index in [1.165, 1.54) is 12.8 Å². The highest BCUT2D eigenvalue weighted by atomic mass is 16.2. The van der Waals surface area contributed by atoms with Gasteiger partial charge in [-0.15, -0.1) is 0 Å². The van der Waals surface area contributed by atoms with Crippen LogP contribution in [0.5, 0.6) is 0 Å². The van der Waals surface area contributed by atoms with Crippen molar-refractivity contribution in [2.24, 2.45) is 47.3 Å². The quantitative estimate of drug-likeness (QED) is 0.493. The van der Waals surface area contributed by atoms with Crippen LogP contribution in [0.3, 0.4) is 0 Å². The van der Waals surface area contributed by atoms with Crippen molar-refractivity contribution in [1.82, 2.24) is 9.80 Å². The standard InChI is InChI=1S/C26H32N2O4/c29-23-19-15-11-12-16(20(19)24(30)27(23)13-7-3-1-4-8-13)18-17(15)21-22(18)26(32)28(25(21)31)14-9-5-2-6-10-14/h11-22H,1-10H2/t15-,16+,17-,18-,19+,20-,21-,22-/m1/s1. The summed E-state index contributed by atoms with van der Waals surface area (Å²) in [6, 6.07) is 0.113. The van der Waals surface area contributed by atoms with Crippen LogP contribution in [0.25, 0.3) is 0 Å². The lowest BCUT2D eigenvalue weighted by Crippen LogP contribution is -2.63. The summed E-state index contributed by atoms with van der Waals surface area (Å²) in [6.45, 7) is 0. The van der Waals surface area contributed by atoms with Gasteiger partial charge in [0, 0.05) is 12.1 Å². The average molecular weight is 437 g/mol. The number of likely N-dealkylation sites (tertiary alicyclic amines) is 2. The van der Waals surface area contributed by atoms with E-state index in [0.717, 1.165) is 51.4 Å². The molecule has 0 spiro atoms. The first-order valence-corrected chi connectivity index (χ1v) is 13.0. The molecule has 6 fully saturated rings. The molecule has 6 heteroatoms. The first-order chi connectivity index (χ1) is 15.6. The van der Waals surface area contributed by atoms with E-state index < -0.39 is 0 Å². The molecule has 0 N–H and O–H groups in total. The van der Waals surface area contributed by atoms with Gasteiger partial charge >= 0.3 is 0 Å². The van der Waals surface area contributed by atoms with Gasteiger partial charge in [0.25, 0.3) is 0 Å². The number of nitrogens with zero attached hydrogens (tertiary/aromatic N) is 2. The molecule has 8 aliphatic rings. The molecule has 0 radical (unpaired) electrons. The van der Waals surface area contributed by atoms with Gasteiger partial charge in [-0.05, 0) is 49.4 Å². The first-order valence-electron chi connectivity index (χ1n) is 13.0. The van der Waals surface area contributed by atoms with Crippen LogP contribution >= 0.6 is 0 Å². The lowest BCUT2D eigenvalue weighted by atomic mass is 9.40. The van der Waals surface area contributed by atoms with Gasteiger partial charge in [0.2, 0.25) is 23.6 Å². The predicted molar refractivity (Wildman–Crippen MR) is 115 cm³/mol. The van der Waals surface area contributed by atoms with E-state index in [9.17, 15) is 19.2 Å². The van der Waals surface area contributed by atoms with Crippen LogP contribution in [0, 0.1) is 47.3 Å². The molecule has 2 bridgehead atoms. The number of carbonyl (C=O) groups is 4. The Morgan fingerprint density at radius 3 is 1.22 bits per heavy atom. The molecule has 8 rings (SSSR count). The fourth-order valence-corrected chi connectivity index (χ4v) is 9.05. The Hall–Kier alpha value is -1.98. The third-order valence-electron chi connectivity index (χ3n) is 10.3. The Morgan fingerprint density at radius 1 is 0.500 bits per heavy atom. The molecule has 6 aliphatic carbocycles. The van der Waals surface area contributed by atoms with Gasteiger partial charge < -0.3 is 0 Å². The summed E-state index contributed by atoms with van der Waals surface area (Å²) in [5, 5.41) is 0. The molecular weight excluding hydrogens is 404 g/mol. The summed E-state index contributed by atoms with van der Waals surface area (Å²) in [6.07, 6.45) is 14.6. The van der Waals surface area contributed by atoms with Crippen molar-refractivity contribution < 1.29 is 19.2 Å². The average Bonchev–Trinajstić information content (AvgIpc) is 3.19. The molecular formula is C26H32N2O4. The lowest BCUT2D eigenvalue weighted by molar-refractivity contribution is -0.166. The normalized spacial score (nSPS) is 45.9. The number of hydrogen-bond acceptors (Lipinski definition) is 4. The Balaban J connectivity index is 1.20. The molecule has 8 atom stereocenters. The minimum Gasteiger partial charge on any atom is -0.279 e. The minimum absolute atomic E-state index is 0.00839. The number of rotatable bonds is 2. The maximum Gasteiger partial charge on any atom is 0.233 e. The van der Waals surface area contributed by atoms with E-state index in [-0.39, 0.29) is 83.1 Å². The molecule has 0 aromatic heterocycles. The molecule has 0 aromatic rings. The zero-order valence-corrected chi connectivity index (χ0v) is 18.5. The molecule has 2 saturated heterocycles. The summed E-state index contributed by atoms with van der Waals surface area (Å²) in [5.41, 5.74) is 0. The van der Waals surface area contributed by atoms with Crippen LogP contribution in [-0.4, -0.2) is 45.5 Å². The van der Waals surface area contributed by atoms with Crippen LogP contribution in [0.2, 0.25) is 0 Å². The summed E-state index contributed by atoms with van der Waals surface area (Å²) < 4.78 is 0. The molecule has 0 aromatic carbocycles. The molecule has 4 saturated carbocycles. The van der Waals surface area contributed by atoms with Gasteiger partial charge in [0.15, 0.2) is 0 Å². The largest absolute Gasteiger partial charge is 0.279 e. The van der Waals surface area contributed by atoms with Crippen LogP contribution in [-0.2, 0) is 19.2 Å². The van der Waals surface area contributed by atoms with Crippen LogP contribution < -0.4 is 0 Å². The van der Waals surface area contributed by atoms with E-state index in [1.807, 2.05) is 0 Å². The van der Waals surface area contributed by atoms with Gasteiger partial charge in [0.1, 0.15) is 0 Å². The Kier molecular flexibility index (Phi) is 4.12. The Morgan fingerprint density at radius 2 is 0.844 bits per heavy atom. The lowest BCUT2D eigenvalue weighted by Gasteiger charge is -2.60. The van der Waals surface area contributed by atoms with E-state index in [0.29, 0.717) is 0 Å².